The fraction of sp³-hybridized carbons (Fsp3) is 0.328. The maximum absolute atomic E-state index is 13.1. The largest absolute Gasteiger partial charge is 0.573 e. The summed E-state index contributed by atoms with van der Waals surface area (Å²) in [5.74, 6) is -1.93. The topological polar surface area (TPSA) is 282 Å². The van der Waals surface area contributed by atoms with Crippen molar-refractivity contribution >= 4 is 126 Å². The molecule has 2 aliphatic heterocycles. The third-order valence-electron chi connectivity index (χ3n) is 13.7. The van der Waals surface area contributed by atoms with Gasteiger partial charge in [-0.15, -0.1) is 13.2 Å². The maximum Gasteiger partial charge on any atom is 0.573 e. The van der Waals surface area contributed by atoms with E-state index in [-0.39, 0.29) is 33.6 Å². The van der Waals surface area contributed by atoms with Crippen molar-refractivity contribution in [3.63, 3.8) is 0 Å². The molecule has 0 saturated carbocycles. The molecule has 2 aliphatic rings. The monoisotopic (exact) mass is 1370 g/mol. The van der Waals surface area contributed by atoms with Gasteiger partial charge in [0.1, 0.15) is 37.9 Å². The first-order valence-corrected chi connectivity index (χ1v) is 29.6. The molecule has 89 heavy (non-hydrogen) atoms. The summed E-state index contributed by atoms with van der Waals surface area (Å²) < 4.78 is 54.9. The second kappa shape index (κ2) is 30.3. The number of carbonyl (C=O) groups is 5. The summed E-state index contributed by atoms with van der Waals surface area (Å²) in [5, 5.41) is 10.3. The van der Waals surface area contributed by atoms with Crippen molar-refractivity contribution in [1.82, 2.24) is 53.1 Å². The van der Waals surface area contributed by atoms with Crippen molar-refractivity contribution in [2.45, 2.75) is 77.4 Å². The molecule has 23 nitrogen and oxygen atoms in total. The Morgan fingerprint density at radius 2 is 1.07 bits per heavy atom. The van der Waals surface area contributed by atoms with Crippen molar-refractivity contribution < 1.29 is 56.5 Å². The standard InChI is InChI=1S/C29H27ClF3N5O2.C10H10ClN3O2.C9H8ClN3O2.C6H9BrO3.C4H4ClN3/c1-2-23-27(38-14-25(30)34-13-26(38)35-23)24(39)12-5-19-3-6-20(7-4-19)36-15-28(16-36)17-37(18-28)21-8-10-22(11-9-21)40-29(31,32)33;1-3-6-9(10(15)16-2)14-5-7(11)12-4-8(14)13-6;1-2-5-8(9(14)15)13-4-6(10)11-3-7(13)12-5;1-3-4(8)5(7)6(9)10-2;5-3-1-8-4(6)2-7-3/h3-4,6-11,13-14H,2,5,12,15-18H2,1H3;4-5H,3H2,1-2H3;3-4H,2H2,1H3,(H,14,15);5H,3H2,1-2H3;1-2H,(H2,6,8). The molecule has 31 heteroatoms. The van der Waals surface area contributed by atoms with Gasteiger partial charge in [0, 0.05) is 74.4 Å². The first-order chi connectivity index (χ1) is 42.3. The molecule has 2 aromatic carbocycles. The van der Waals surface area contributed by atoms with Crippen LogP contribution < -0.4 is 20.3 Å². The molecule has 0 aliphatic carbocycles. The Hall–Kier alpha value is -8.24. The zero-order valence-corrected chi connectivity index (χ0v) is 53.1. The lowest BCUT2D eigenvalue weighted by Gasteiger charge is -2.61. The van der Waals surface area contributed by atoms with Crippen LogP contribution in [-0.2, 0) is 44.7 Å². The highest BCUT2D eigenvalue weighted by molar-refractivity contribution is 9.10. The van der Waals surface area contributed by atoms with Gasteiger partial charge < -0.3 is 34.9 Å². The SMILES string of the molecule is CCC(=O)C(Br)C(=O)OC.CCc1nc2cnc(Cl)cn2c1C(=O)CCc1ccc(N2CC3(C2)CN(c2ccc(OC(F)(F)F)cc2)C3)cc1.CCc1nc2cnc(Cl)cn2c1C(=O)O.CCc1nc2cnc(Cl)cn2c1C(=O)OC.Nc1cnc(Cl)cn1. The number of esters is 2. The molecule has 9 heterocycles. The Labute approximate surface area is 535 Å². The van der Waals surface area contributed by atoms with Crippen LogP contribution in [0.5, 0.6) is 5.75 Å². The summed E-state index contributed by atoms with van der Waals surface area (Å²) in [6.07, 6.45) is 10.5. The number of Topliss-reactive ketones (excluding diaryl/α,β-unsaturated/α-hetero) is 2. The molecule has 0 bridgehead atoms. The average Bonchev–Trinajstić information content (AvgIpc) is 1.65. The average molecular weight is 1370 g/mol. The second-order valence-electron chi connectivity index (χ2n) is 19.7. The number of carbonyl (C=O) groups excluding carboxylic acids is 4. The molecule has 0 amide bonds. The highest BCUT2D eigenvalue weighted by Crippen LogP contribution is 2.44. The number of halogens is 8. The van der Waals surface area contributed by atoms with Crippen molar-refractivity contribution in [2.75, 3.05) is 55.9 Å². The van der Waals surface area contributed by atoms with Crippen LogP contribution in [0.25, 0.3) is 16.9 Å². The molecule has 3 N–H and O–H groups in total. The van der Waals surface area contributed by atoms with Crippen molar-refractivity contribution in [3.05, 3.63) is 158 Å². The number of ketones is 2. The molecule has 1 atom stereocenters. The molecule has 2 saturated heterocycles. The number of nitrogens with zero attached hydrogens (tertiary/aromatic N) is 13. The Morgan fingerprint density at radius 1 is 0.629 bits per heavy atom. The zero-order valence-electron chi connectivity index (χ0n) is 48.5. The van der Waals surface area contributed by atoms with Gasteiger partial charge in [-0.3, -0.25) is 27.6 Å². The molecule has 0 radical (unpaired) electrons. The number of carboxylic acid groups (broad SMARTS) is 1. The number of methoxy groups -OCH3 is 2. The predicted octanol–water partition coefficient (Wildman–Crippen LogP) is 11.0. The number of fused-ring (bicyclic) bond motifs is 3. The number of nitrogen functional groups attached to an aromatic ring is 1. The van der Waals surface area contributed by atoms with Gasteiger partial charge in [-0.2, -0.15) is 0 Å². The van der Waals surface area contributed by atoms with E-state index in [2.05, 4.69) is 99.3 Å². The number of hydrogen-bond acceptors (Lipinski definition) is 19. The van der Waals surface area contributed by atoms with Crippen LogP contribution in [0.3, 0.4) is 0 Å². The number of aromatic carboxylic acids is 1. The number of benzene rings is 2. The number of aryl methyl sites for hydroxylation is 4. The van der Waals surface area contributed by atoms with Crippen LogP contribution in [0.4, 0.5) is 30.4 Å². The minimum atomic E-state index is -4.69. The van der Waals surface area contributed by atoms with E-state index in [9.17, 15) is 37.1 Å². The molecular formula is C58H58BrCl4F3N14O9. The van der Waals surface area contributed by atoms with E-state index in [1.165, 1.54) is 61.7 Å². The van der Waals surface area contributed by atoms with Crippen LogP contribution in [0.1, 0.15) is 94.6 Å². The predicted molar refractivity (Wildman–Crippen MR) is 331 cm³/mol. The Morgan fingerprint density at radius 3 is 1.47 bits per heavy atom. The maximum atomic E-state index is 13.1. The van der Waals surface area contributed by atoms with E-state index in [4.69, 9.17) is 62.0 Å². The van der Waals surface area contributed by atoms with Gasteiger partial charge in [0.05, 0.1) is 62.3 Å². The summed E-state index contributed by atoms with van der Waals surface area (Å²) in [6, 6.07) is 14.4. The fourth-order valence-electron chi connectivity index (χ4n) is 9.45. The minimum absolute atomic E-state index is 0.0254. The second-order valence-corrected chi connectivity index (χ2v) is 22.2. The number of imidazole rings is 3. The smallest absolute Gasteiger partial charge is 0.477 e. The van der Waals surface area contributed by atoms with E-state index in [1.54, 1.807) is 46.4 Å². The summed E-state index contributed by atoms with van der Waals surface area (Å²) in [6.45, 7) is 11.0. The summed E-state index contributed by atoms with van der Waals surface area (Å²) >= 11 is 25.8. The highest BCUT2D eigenvalue weighted by atomic mass is 79.9. The normalized spacial score (nSPS) is 13.2. The van der Waals surface area contributed by atoms with Gasteiger partial charge >= 0.3 is 24.3 Å². The van der Waals surface area contributed by atoms with Gasteiger partial charge in [-0.1, -0.05) is 102 Å². The fourth-order valence-corrected chi connectivity index (χ4v) is 10.5. The van der Waals surface area contributed by atoms with Crippen LogP contribution in [0, 0.1) is 5.41 Å². The van der Waals surface area contributed by atoms with Crippen molar-refractivity contribution in [1.29, 1.82) is 0 Å². The molecular weight excluding hydrogens is 1320 g/mol. The number of alkyl halides is 4. The summed E-state index contributed by atoms with van der Waals surface area (Å²) in [4.78, 5) is 93.0. The molecule has 11 rings (SSSR count). The lowest BCUT2D eigenvalue weighted by atomic mass is 9.72. The summed E-state index contributed by atoms with van der Waals surface area (Å²) in [7, 11) is 2.59. The third kappa shape index (κ3) is 17.3. The van der Waals surface area contributed by atoms with Crippen LogP contribution >= 0.6 is 62.3 Å². The van der Waals surface area contributed by atoms with Gasteiger partial charge in [0.15, 0.2) is 44.7 Å². The first kappa shape index (κ1) is 68.3. The van der Waals surface area contributed by atoms with Crippen LogP contribution in [0.2, 0.25) is 20.6 Å². The first-order valence-electron chi connectivity index (χ1n) is 27.2. The van der Waals surface area contributed by atoms with Crippen molar-refractivity contribution in [2.24, 2.45) is 5.41 Å². The van der Waals surface area contributed by atoms with E-state index >= 15 is 0 Å². The lowest BCUT2D eigenvalue weighted by Crippen LogP contribution is -2.72. The number of rotatable bonds is 15. The number of anilines is 3. The number of ether oxygens (including phenoxy) is 3. The van der Waals surface area contributed by atoms with E-state index < -0.39 is 29.1 Å². The third-order valence-corrected chi connectivity index (χ3v) is 15.3. The van der Waals surface area contributed by atoms with Crippen molar-refractivity contribution in [3.8, 4) is 5.75 Å². The summed E-state index contributed by atoms with van der Waals surface area (Å²) in [5.41, 5.74) is 13.3. The van der Waals surface area contributed by atoms with Crippen LogP contribution in [-0.4, -0.2) is 139 Å². The lowest BCUT2D eigenvalue weighted by molar-refractivity contribution is -0.274. The Kier molecular flexibility index (Phi) is 23.2. The zero-order chi connectivity index (χ0) is 64.9. The number of aromatic nitrogens is 11. The molecule has 9 aromatic rings. The molecule has 7 aromatic heterocycles. The number of nitrogens with two attached hydrogens (primary N) is 1. The molecule has 1 unspecified atom stereocenters. The van der Waals surface area contributed by atoms with Gasteiger partial charge in [0.25, 0.3) is 0 Å². The molecule has 2 fully saturated rings. The Bertz CT molecular complexity index is 3940. The van der Waals surface area contributed by atoms with Gasteiger partial charge in [-0.25, -0.2) is 49.5 Å². The number of hydrogen-bond donors (Lipinski definition) is 2. The van der Waals surface area contributed by atoms with E-state index in [0.29, 0.717) is 99.5 Å². The quantitative estimate of drug-likeness (QED) is 0.0417. The highest BCUT2D eigenvalue weighted by Gasteiger charge is 2.52. The number of carboxylic acids is 1. The van der Waals surface area contributed by atoms with E-state index in [1.807, 2.05) is 20.8 Å². The Balaban J connectivity index is 0.000000188. The van der Waals surface area contributed by atoms with E-state index in [0.717, 1.165) is 48.8 Å². The molecule has 470 valence electrons. The minimum Gasteiger partial charge on any atom is -0.477 e. The molecule has 1 spiro atoms. The van der Waals surface area contributed by atoms with Crippen LogP contribution in [0.15, 0.2) is 98.1 Å². The van der Waals surface area contributed by atoms with Gasteiger partial charge in [-0.05, 0) is 67.6 Å². The van der Waals surface area contributed by atoms with Gasteiger partial charge in [0.2, 0.25) is 0 Å².